The van der Waals surface area contributed by atoms with Crippen molar-refractivity contribution < 1.29 is 20.1 Å². The van der Waals surface area contributed by atoms with E-state index in [4.69, 9.17) is 0 Å². The second kappa shape index (κ2) is 42.1. The average molecular weight is 730 g/mol. The monoisotopic (exact) mass is 730 g/mol. The van der Waals surface area contributed by atoms with Gasteiger partial charge in [0.2, 0.25) is 5.91 Å². The van der Waals surface area contributed by atoms with Crippen molar-refractivity contribution >= 4 is 5.91 Å². The molecule has 5 nitrogen and oxygen atoms in total. The van der Waals surface area contributed by atoms with Gasteiger partial charge >= 0.3 is 0 Å². The van der Waals surface area contributed by atoms with Gasteiger partial charge in [-0.3, -0.25) is 4.79 Å². The average Bonchev–Trinajstić information content (AvgIpc) is 3.15. The predicted octanol–water partition coefficient (Wildman–Crippen LogP) is 12.9. The van der Waals surface area contributed by atoms with E-state index in [0.717, 1.165) is 64.2 Å². The molecule has 0 aromatic heterocycles. The Balaban J connectivity index is 3.71. The number of amides is 1. The lowest BCUT2D eigenvalue weighted by Crippen LogP contribution is -2.48. The van der Waals surface area contributed by atoms with Gasteiger partial charge in [0.05, 0.1) is 18.8 Å². The SMILES string of the molecule is CCCCC/C=C\C=C/CCCCCCCC(O)C(=O)NC(CO)C(O)/C=C/CC/C=C/CCCCCCCCCCCCCCCCCCCC. The fraction of sp³-hybridized carbons (Fsp3) is 0.809. The number of unbranched alkanes of at least 4 members (excludes halogenated alkanes) is 27. The van der Waals surface area contributed by atoms with Gasteiger partial charge in [-0.1, -0.05) is 210 Å². The molecule has 52 heavy (non-hydrogen) atoms. The van der Waals surface area contributed by atoms with Crippen molar-refractivity contribution in [1.29, 1.82) is 0 Å². The second-order valence-corrected chi connectivity index (χ2v) is 15.3. The van der Waals surface area contributed by atoms with Crippen LogP contribution in [0.2, 0.25) is 0 Å². The summed E-state index contributed by atoms with van der Waals surface area (Å²) < 4.78 is 0. The number of hydrogen-bond donors (Lipinski definition) is 4. The Morgan fingerprint density at radius 3 is 1.33 bits per heavy atom. The quantitative estimate of drug-likeness (QED) is 0.0287. The lowest BCUT2D eigenvalue weighted by atomic mass is 10.0. The van der Waals surface area contributed by atoms with Crippen molar-refractivity contribution in [2.45, 2.75) is 238 Å². The molecule has 0 aliphatic carbocycles. The van der Waals surface area contributed by atoms with Crippen molar-refractivity contribution in [3.63, 3.8) is 0 Å². The number of aliphatic hydroxyl groups is 3. The fourth-order valence-electron chi connectivity index (χ4n) is 6.60. The molecule has 0 bridgehead atoms. The number of carbonyl (C=O) groups is 1. The summed E-state index contributed by atoms with van der Waals surface area (Å²) in [6.07, 6.45) is 54.4. The lowest BCUT2D eigenvalue weighted by Gasteiger charge is -2.21. The van der Waals surface area contributed by atoms with Crippen LogP contribution in [0.1, 0.15) is 219 Å². The summed E-state index contributed by atoms with van der Waals surface area (Å²) in [5.41, 5.74) is 0. The molecule has 3 unspecified atom stereocenters. The highest BCUT2D eigenvalue weighted by Gasteiger charge is 2.22. The molecule has 0 radical (unpaired) electrons. The number of allylic oxidation sites excluding steroid dienone is 7. The first-order valence-corrected chi connectivity index (χ1v) is 22.5. The summed E-state index contributed by atoms with van der Waals surface area (Å²) in [5.74, 6) is -0.526. The van der Waals surface area contributed by atoms with E-state index in [1.165, 1.54) is 135 Å². The molecule has 0 saturated heterocycles. The lowest BCUT2D eigenvalue weighted by molar-refractivity contribution is -0.131. The van der Waals surface area contributed by atoms with Gasteiger partial charge in [-0.25, -0.2) is 0 Å². The zero-order valence-electron chi connectivity index (χ0n) is 34.4. The van der Waals surface area contributed by atoms with Crippen molar-refractivity contribution in [2.75, 3.05) is 6.61 Å². The van der Waals surface area contributed by atoms with Gasteiger partial charge in [0, 0.05) is 0 Å². The molecule has 0 fully saturated rings. The Morgan fingerprint density at radius 1 is 0.481 bits per heavy atom. The summed E-state index contributed by atoms with van der Waals surface area (Å²) in [5, 5.41) is 33.1. The van der Waals surface area contributed by atoms with Gasteiger partial charge in [-0.05, 0) is 57.8 Å². The van der Waals surface area contributed by atoms with Crippen molar-refractivity contribution in [3.8, 4) is 0 Å². The summed E-state index contributed by atoms with van der Waals surface area (Å²) in [6.45, 7) is 4.13. The maximum Gasteiger partial charge on any atom is 0.249 e. The van der Waals surface area contributed by atoms with Gasteiger partial charge < -0.3 is 20.6 Å². The Bertz CT molecular complexity index is 850. The first-order valence-electron chi connectivity index (χ1n) is 22.5. The van der Waals surface area contributed by atoms with Crippen LogP contribution in [0.4, 0.5) is 0 Å². The summed E-state index contributed by atoms with van der Waals surface area (Å²) in [7, 11) is 0. The van der Waals surface area contributed by atoms with E-state index in [0.29, 0.717) is 6.42 Å². The van der Waals surface area contributed by atoms with Gasteiger partial charge in [-0.2, -0.15) is 0 Å². The summed E-state index contributed by atoms with van der Waals surface area (Å²) in [4.78, 5) is 12.4. The zero-order valence-corrected chi connectivity index (χ0v) is 34.4. The fourth-order valence-corrected chi connectivity index (χ4v) is 6.60. The molecule has 0 aromatic rings. The molecule has 0 heterocycles. The topological polar surface area (TPSA) is 89.8 Å². The van der Waals surface area contributed by atoms with E-state index in [1.807, 2.05) is 6.08 Å². The molecule has 0 aliphatic rings. The third kappa shape index (κ3) is 36.7. The Labute approximate surface area is 323 Å². The third-order valence-corrected chi connectivity index (χ3v) is 10.2. The molecule has 0 rings (SSSR count). The second-order valence-electron chi connectivity index (χ2n) is 15.3. The molecular formula is C47H87NO4. The smallest absolute Gasteiger partial charge is 0.249 e. The number of hydrogen-bond acceptors (Lipinski definition) is 4. The number of carbonyl (C=O) groups excluding carboxylic acids is 1. The van der Waals surface area contributed by atoms with Crippen LogP contribution in [-0.2, 0) is 4.79 Å². The minimum Gasteiger partial charge on any atom is -0.394 e. The molecule has 1 amide bonds. The van der Waals surface area contributed by atoms with Crippen LogP contribution in [0.5, 0.6) is 0 Å². The molecule has 0 aliphatic heterocycles. The third-order valence-electron chi connectivity index (χ3n) is 10.2. The van der Waals surface area contributed by atoms with Crippen LogP contribution in [0.15, 0.2) is 48.6 Å². The Kier molecular flexibility index (Phi) is 40.7. The van der Waals surface area contributed by atoms with Gasteiger partial charge in [-0.15, -0.1) is 0 Å². The number of aliphatic hydroxyl groups excluding tert-OH is 3. The molecule has 0 saturated carbocycles. The largest absolute Gasteiger partial charge is 0.394 e. The molecule has 0 spiro atoms. The first-order chi connectivity index (χ1) is 25.6. The standard InChI is InChI=1S/C47H87NO4/c1-3-5-7-9-11-13-15-17-19-20-21-22-23-24-25-26-27-28-30-31-33-35-37-39-41-45(50)44(43-49)48-47(52)46(51)42-40-38-36-34-32-29-18-16-14-12-10-8-6-4-2/h12,14,16,18,31,33,39,41,44-46,49-51H,3-11,13,15,17,19-30,32,34-38,40,42-43H2,1-2H3,(H,48,52)/b14-12-,18-16-,33-31+,41-39+. The van der Waals surface area contributed by atoms with Crippen molar-refractivity contribution in [2.24, 2.45) is 0 Å². The maximum absolute atomic E-state index is 12.4. The Morgan fingerprint density at radius 2 is 0.846 bits per heavy atom. The van der Waals surface area contributed by atoms with E-state index in [2.05, 4.69) is 55.6 Å². The number of rotatable bonds is 40. The highest BCUT2D eigenvalue weighted by molar-refractivity contribution is 5.80. The number of nitrogens with one attached hydrogen (secondary N) is 1. The van der Waals surface area contributed by atoms with Crippen LogP contribution in [0.25, 0.3) is 0 Å². The van der Waals surface area contributed by atoms with Gasteiger partial charge in [0.25, 0.3) is 0 Å². The molecule has 4 N–H and O–H groups in total. The van der Waals surface area contributed by atoms with Crippen LogP contribution in [0, 0.1) is 0 Å². The minimum atomic E-state index is -1.12. The van der Waals surface area contributed by atoms with Crippen LogP contribution in [-0.4, -0.2) is 46.1 Å². The summed E-state index contributed by atoms with van der Waals surface area (Å²) >= 11 is 0. The van der Waals surface area contributed by atoms with E-state index >= 15 is 0 Å². The predicted molar refractivity (Wildman–Crippen MR) is 227 cm³/mol. The van der Waals surface area contributed by atoms with E-state index in [9.17, 15) is 20.1 Å². The Hall–Kier alpha value is -1.69. The highest BCUT2D eigenvalue weighted by Crippen LogP contribution is 2.15. The molecule has 5 heteroatoms. The molecule has 304 valence electrons. The van der Waals surface area contributed by atoms with Crippen LogP contribution in [0.3, 0.4) is 0 Å². The molecule has 0 aromatic carbocycles. The highest BCUT2D eigenvalue weighted by atomic mass is 16.3. The van der Waals surface area contributed by atoms with Crippen LogP contribution >= 0.6 is 0 Å². The van der Waals surface area contributed by atoms with Gasteiger partial charge in [0.1, 0.15) is 6.10 Å². The minimum absolute atomic E-state index is 0.383. The van der Waals surface area contributed by atoms with E-state index in [-0.39, 0.29) is 6.61 Å². The van der Waals surface area contributed by atoms with Crippen molar-refractivity contribution in [1.82, 2.24) is 5.32 Å². The maximum atomic E-state index is 12.4. The normalized spacial score (nSPS) is 14.0. The summed E-state index contributed by atoms with van der Waals surface area (Å²) in [6, 6.07) is -0.822. The zero-order chi connectivity index (χ0) is 38.0. The molecule has 3 atom stereocenters. The van der Waals surface area contributed by atoms with Crippen LogP contribution < -0.4 is 5.32 Å². The van der Waals surface area contributed by atoms with Crippen molar-refractivity contribution in [3.05, 3.63) is 48.6 Å². The first kappa shape index (κ1) is 50.3. The molecular weight excluding hydrogens is 643 g/mol. The van der Waals surface area contributed by atoms with E-state index in [1.54, 1.807) is 6.08 Å². The van der Waals surface area contributed by atoms with Gasteiger partial charge in [0.15, 0.2) is 0 Å². The van der Waals surface area contributed by atoms with E-state index < -0.39 is 24.2 Å².